The highest BCUT2D eigenvalue weighted by molar-refractivity contribution is 9.10. The summed E-state index contributed by atoms with van der Waals surface area (Å²) < 4.78 is 0.914. The molecule has 0 bridgehead atoms. The molecule has 0 radical (unpaired) electrons. The van der Waals surface area contributed by atoms with E-state index in [-0.39, 0.29) is 28.9 Å². The third-order valence-electron chi connectivity index (χ3n) is 5.02. The molecule has 1 aromatic rings. The molecule has 2 amide bonds. The van der Waals surface area contributed by atoms with Gasteiger partial charge in [-0.3, -0.25) is 14.5 Å². The number of hydrogen-bond donors (Lipinski definition) is 2. The molecule has 28 heavy (non-hydrogen) atoms. The molecule has 0 spiro atoms. The van der Waals surface area contributed by atoms with E-state index < -0.39 is 0 Å². The summed E-state index contributed by atoms with van der Waals surface area (Å²) in [6, 6.07) is 7.46. The number of likely N-dealkylation sites (tertiary alicyclic amines) is 1. The molecular formula is C21H32BrN3O2S. The average Bonchev–Trinajstić information content (AvgIpc) is 2.59. The smallest absolute Gasteiger partial charge is 0.234 e. The molecule has 0 saturated carbocycles. The Bertz CT molecular complexity index is 673. The Morgan fingerprint density at radius 2 is 1.82 bits per heavy atom. The highest BCUT2D eigenvalue weighted by Gasteiger charge is 2.32. The fourth-order valence-corrected chi connectivity index (χ4v) is 4.68. The SMILES string of the molecule is CC1CC(C)CN(C(C)(C)CNC(=O)CSCC(=O)Nc2cccc(Br)c2)C1. The number of hydrogen-bond acceptors (Lipinski definition) is 4. The van der Waals surface area contributed by atoms with Crippen LogP contribution in [0.15, 0.2) is 28.7 Å². The highest BCUT2D eigenvalue weighted by Crippen LogP contribution is 2.26. The van der Waals surface area contributed by atoms with Crippen molar-refractivity contribution in [2.75, 3.05) is 36.5 Å². The van der Waals surface area contributed by atoms with E-state index in [9.17, 15) is 9.59 Å². The molecule has 0 aliphatic carbocycles. The van der Waals surface area contributed by atoms with Crippen molar-refractivity contribution in [2.45, 2.75) is 39.7 Å². The third-order valence-corrected chi connectivity index (χ3v) is 6.44. The van der Waals surface area contributed by atoms with Gasteiger partial charge in [0.25, 0.3) is 0 Å². The van der Waals surface area contributed by atoms with Crippen molar-refractivity contribution in [2.24, 2.45) is 11.8 Å². The largest absolute Gasteiger partial charge is 0.354 e. The Balaban J connectivity index is 1.68. The fraction of sp³-hybridized carbons (Fsp3) is 0.619. The van der Waals surface area contributed by atoms with Gasteiger partial charge in [-0.15, -0.1) is 11.8 Å². The molecule has 156 valence electrons. The number of rotatable bonds is 8. The second kappa shape index (κ2) is 10.6. The first-order valence-electron chi connectivity index (χ1n) is 9.80. The zero-order valence-corrected chi connectivity index (χ0v) is 19.7. The first kappa shape index (κ1) is 23.2. The molecule has 5 nitrogen and oxygen atoms in total. The lowest BCUT2D eigenvalue weighted by molar-refractivity contribution is -0.119. The van der Waals surface area contributed by atoms with Gasteiger partial charge < -0.3 is 10.6 Å². The summed E-state index contributed by atoms with van der Waals surface area (Å²) in [5.74, 6) is 1.80. The molecule has 1 saturated heterocycles. The molecule has 1 heterocycles. The molecule has 2 N–H and O–H groups in total. The van der Waals surface area contributed by atoms with Crippen molar-refractivity contribution in [3.8, 4) is 0 Å². The first-order valence-corrected chi connectivity index (χ1v) is 11.8. The highest BCUT2D eigenvalue weighted by atomic mass is 79.9. The van der Waals surface area contributed by atoms with E-state index in [1.807, 2.05) is 24.3 Å². The van der Waals surface area contributed by atoms with E-state index in [0.717, 1.165) is 23.2 Å². The summed E-state index contributed by atoms with van der Waals surface area (Å²) in [5, 5.41) is 5.88. The molecule has 7 heteroatoms. The molecular weight excluding hydrogens is 438 g/mol. The molecule has 2 atom stereocenters. The second-order valence-electron chi connectivity index (χ2n) is 8.49. The summed E-state index contributed by atoms with van der Waals surface area (Å²) in [5.41, 5.74) is 0.678. The number of nitrogens with one attached hydrogen (secondary N) is 2. The van der Waals surface area contributed by atoms with Crippen LogP contribution in [0.1, 0.15) is 34.1 Å². The minimum Gasteiger partial charge on any atom is -0.354 e. The van der Waals surface area contributed by atoms with Crippen molar-refractivity contribution in [3.05, 3.63) is 28.7 Å². The molecule has 2 rings (SSSR count). The maximum atomic E-state index is 12.2. The Kier molecular flexibility index (Phi) is 8.83. The maximum absolute atomic E-state index is 12.2. The quantitative estimate of drug-likeness (QED) is 0.603. The average molecular weight is 470 g/mol. The van der Waals surface area contributed by atoms with Gasteiger partial charge in [-0.2, -0.15) is 0 Å². The van der Waals surface area contributed by atoms with Crippen molar-refractivity contribution in [1.29, 1.82) is 0 Å². The van der Waals surface area contributed by atoms with Crippen LogP contribution in [-0.2, 0) is 9.59 Å². The predicted molar refractivity (Wildman–Crippen MR) is 122 cm³/mol. The third kappa shape index (κ3) is 7.76. The number of carbonyl (C=O) groups is 2. The summed E-state index contributed by atoms with van der Waals surface area (Å²) in [7, 11) is 0. The molecule has 0 aromatic heterocycles. The van der Waals surface area contributed by atoms with Crippen LogP contribution < -0.4 is 10.6 Å². The normalized spacial score (nSPS) is 20.6. The van der Waals surface area contributed by atoms with Crippen LogP contribution in [0.4, 0.5) is 5.69 Å². The molecule has 1 fully saturated rings. The summed E-state index contributed by atoms with van der Waals surface area (Å²) in [4.78, 5) is 26.7. The van der Waals surface area contributed by atoms with Crippen LogP contribution >= 0.6 is 27.7 Å². The van der Waals surface area contributed by atoms with E-state index >= 15 is 0 Å². The summed E-state index contributed by atoms with van der Waals surface area (Å²) >= 11 is 4.71. The lowest BCUT2D eigenvalue weighted by Gasteiger charge is -2.45. The van der Waals surface area contributed by atoms with Gasteiger partial charge in [0.1, 0.15) is 0 Å². The number of amides is 2. The molecule has 2 unspecified atom stereocenters. The minimum absolute atomic E-state index is 0.0218. The van der Waals surface area contributed by atoms with Gasteiger partial charge in [-0.05, 0) is 50.3 Å². The summed E-state index contributed by atoms with van der Waals surface area (Å²) in [6.45, 7) is 11.8. The van der Waals surface area contributed by atoms with E-state index in [2.05, 4.69) is 59.2 Å². The predicted octanol–water partition coefficient (Wildman–Crippen LogP) is 3.99. The standard InChI is InChI=1S/C21H32BrN3O2S/c1-15-8-16(2)11-25(10-15)21(3,4)14-23-19(26)12-28-13-20(27)24-18-7-5-6-17(22)9-18/h5-7,9,15-16H,8,10-14H2,1-4H3,(H,23,26)(H,24,27). The Morgan fingerprint density at radius 3 is 2.46 bits per heavy atom. The van der Waals surface area contributed by atoms with Gasteiger partial charge in [0.15, 0.2) is 0 Å². The zero-order chi connectivity index (χ0) is 20.7. The zero-order valence-electron chi connectivity index (χ0n) is 17.3. The van der Waals surface area contributed by atoms with Crippen LogP contribution in [0.5, 0.6) is 0 Å². The Hall–Kier alpha value is -1.05. The maximum Gasteiger partial charge on any atom is 0.234 e. The van der Waals surface area contributed by atoms with Gasteiger partial charge in [-0.25, -0.2) is 0 Å². The lowest BCUT2D eigenvalue weighted by atomic mass is 9.88. The first-order chi connectivity index (χ1) is 13.2. The monoisotopic (exact) mass is 469 g/mol. The number of halogens is 1. The van der Waals surface area contributed by atoms with Crippen LogP contribution in [-0.4, -0.2) is 53.4 Å². The van der Waals surface area contributed by atoms with Crippen molar-refractivity contribution in [3.63, 3.8) is 0 Å². The van der Waals surface area contributed by atoms with Crippen molar-refractivity contribution < 1.29 is 9.59 Å². The van der Waals surface area contributed by atoms with Gasteiger partial charge in [0.2, 0.25) is 11.8 Å². The number of anilines is 1. The van der Waals surface area contributed by atoms with Crippen LogP contribution in [0.3, 0.4) is 0 Å². The second-order valence-corrected chi connectivity index (χ2v) is 10.4. The van der Waals surface area contributed by atoms with E-state index in [1.54, 1.807) is 0 Å². The number of benzene rings is 1. The van der Waals surface area contributed by atoms with Crippen LogP contribution in [0, 0.1) is 11.8 Å². The number of piperidine rings is 1. The van der Waals surface area contributed by atoms with E-state index in [4.69, 9.17) is 0 Å². The molecule has 1 aliphatic heterocycles. The summed E-state index contributed by atoms with van der Waals surface area (Å²) in [6.07, 6.45) is 1.28. The van der Waals surface area contributed by atoms with Gasteiger partial charge in [-0.1, -0.05) is 35.8 Å². The van der Waals surface area contributed by atoms with E-state index in [1.165, 1.54) is 18.2 Å². The minimum atomic E-state index is -0.104. The van der Waals surface area contributed by atoms with E-state index in [0.29, 0.717) is 18.4 Å². The van der Waals surface area contributed by atoms with Gasteiger partial charge in [0, 0.05) is 35.3 Å². The van der Waals surface area contributed by atoms with Gasteiger partial charge >= 0.3 is 0 Å². The number of thioether (sulfide) groups is 1. The fourth-order valence-electron chi connectivity index (χ4n) is 3.63. The van der Waals surface area contributed by atoms with Crippen LogP contribution in [0.2, 0.25) is 0 Å². The number of nitrogens with zero attached hydrogens (tertiary/aromatic N) is 1. The van der Waals surface area contributed by atoms with Crippen LogP contribution in [0.25, 0.3) is 0 Å². The Morgan fingerprint density at radius 1 is 1.18 bits per heavy atom. The Labute approximate surface area is 181 Å². The van der Waals surface area contributed by atoms with Crippen molar-refractivity contribution in [1.82, 2.24) is 10.2 Å². The molecule has 1 aliphatic rings. The topological polar surface area (TPSA) is 61.4 Å². The molecule has 1 aromatic carbocycles. The lowest BCUT2D eigenvalue weighted by Crippen LogP contribution is -2.56. The number of carbonyl (C=O) groups excluding carboxylic acids is 2. The van der Waals surface area contributed by atoms with Gasteiger partial charge in [0.05, 0.1) is 11.5 Å². The van der Waals surface area contributed by atoms with Crippen molar-refractivity contribution >= 4 is 45.2 Å².